The van der Waals surface area contributed by atoms with Crippen LogP contribution < -0.4 is 9.47 Å². The molecule has 0 saturated carbocycles. The smallest absolute Gasteiger partial charge is 0.313 e. The number of carbonyl (C=O) groups is 2. The molecule has 6 heteroatoms. The number of thiol groups is 1. The molecule has 1 atom stereocenters. The first kappa shape index (κ1) is 14.7. The van der Waals surface area contributed by atoms with Gasteiger partial charge < -0.3 is 14.2 Å². The van der Waals surface area contributed by atoms with Crippen molar-refractivity contribution in [3.63, 3.8) is 0 Å². The number of ether oxygens (including phenoxy) is 3. The molecule has 0 fully saturated rings. The van der Waals surface area contributed by atoms with E-state index in [-0.39, 0.29) is 18.1 Å². The van der Waals surface area contributed by atoms with Gasteiger partial charge in [-0.25, -0.2) is 0 Å². The van der Waals surface area contributed by atoms with E-state index < -0.39 is 11.9 Å². The van der Waals surface area contributed by atoms with Gasteiger partial charge in [0.2, 0.25) is 0 Å². The van der Waals surface area contributed by atoms with Gasteiger partial charge in [0.15, 0.2) is 16.6 Å². The van der Waals surface area contributed by atoms with Crippen molar-refractivity contribution in [2.24, 2.45) is 0 Å². The first-order valence-corrected chi connectivity index (χ1v) is 6.84. The van der Waals surface area contributed by atoms with E-state index in [0.29, 0.717) is 30.3 Å². The predicted molar refractivity (Wildman–Crippen MR) is 75.4 cm³/mol. The Balaban J connectivity index is 2.27. The van der Waals surface area contributed by atoms with Crippen LogP contribution in [0.15, 0.2) is 18.2 Å². The lowest BCUT2D eigenvalue weighted by molar-refractivity contribution is -0.145. The molecule has 1 heterocycles. The van der Waals surface area contributed by atoms with Crippen LogP contribution in [-0.4, -0.2) is 30.9 Å². The Labute approximate surface area is 122 Å². The topological polar surface area (TPSA) is 61.8 Å². The molecule has 0 radical (unpaired) electrons. The minimum Gasteiger partial charge on any atom is -0.486 e. The van der Waals surface area contributed by atoms with Gasteiger partial charge in [-0.3, -0.25) is 9.59 Å². The molecular formula is C14H16O5S. The first-order valence-electron chi connectivity index (χ1n) is 6.39. The summed E-state index contributed by atoms with van der Waals surface area (Å²) in [6.45, 7) is 2.96. The summed E-state index contributed by atoms with van der Waals surface area (Å²) >= 11 is 3.75. The zero-order valence-corrected chi connectivity index (χ0v) is 12.0. The summed E-state index contributed by atoms with van der Waals surface area (Å²) in [5.41, 5.74) is 0.662. The summed E-state index contributed by atoms with van der Waals surface area (Å²) in [6, 6.07) is 5.19. The van der Waals surface area contributed by atoms with Gasteiger partial charge in [0.25, 0.3) is 0 Å². The third-order valence-electron chi connectivity index (χ3n) is 2.92. The number of rotatable bonds is 5. The van der Waals surface area contributed by atoms with Crippen LogP contribution in [0.2, 0.25) is 0 Å². The number of benzene rings is 1. The van der Waals surface area contributed by atoms with Gasteiger partial charge in [-0.05, 0) is 24.6 Å². The van der Waals surface area contributed by atoms with Crippen LogP contribution in [0.4, 0.5) is 0 Å². The summed E-state index contributed by atoms with van der Waals surface area (Å²) in [7, 11) is 0. The van der Waals surface area contributed by atoms with Gasteiger partial charge in [-0.1, -0.05) is 6.07 Å². The second-order valence-corrected chi connectivity index (χ2v) is 4.80. The molecule has 1 aromatic rings. The van der Waals surface area contributed by atoms with Crippen LogP contribution in [0.5, 0.6) is 11.5 Å². The molecule has 1 aliphatic rings. The molecule has 0 amide bonds. The fraction of sp³-hybridized carbons (Fsp3) is 0.429. The molecule has 0 bridgehead atoms. The van der Waals surface area contributed by atoms with E-state index in [1.165, 1.54) is 0 Å². The van der Waals surface area contributed by atoms with Crippen molar-refractivity contribution in [1.29, 1.82) is 0 Å². The largest absolute Gasteiger partial charge is 0.486 e. The Morgan fingerprint density at radius 1 is 1.30 bits per heavy atom. The van der Waals surface area contributed by atoms with Crippen molar-refractivity contribution >= 4 is 23.7 Å². The second kappa shape index (κ2) is 6.65. The monoisotopic (exact) mass is 296 g/mol. The van der Waals surface area contributed by atoms with Gasteiger partial charge in [0, 0.05) is 6.42 Å². The molecule has 1 unspecified atom stereocenters. The average molecular weight is 296 g/mol. The lowest BCUT2D eigenvalue weighted by Crippen LogP contribution is -2.19. The molecule has 2 rings (SSSR count). The lowest BCUT2D eigenvalue weighted by Gasteiger charge is -2.21. The van der Waals surface area contributed by atoms with Crippen molar-refractivity contribution in [3.05, 3.63) is 23.8 Å². The molecule has 1 aliphatic heterocycles. The number of carbonyl (C=O) groups excluding carboxylic acids is 2. The normalized spacial score (nSPS) is 14.5. The van der Waals surface area contributed by atoms with Crippen LogP contribution in [0, 0.1) is 0 Å². The Morgan fingerprint density at radius 3 is 2.65 bits per heavy atom. The van der Waals surface area contributed by atoms with Gasteiger partial charge >= 0.3 is 5.97 Å². The van der Waals surface area contributed by atoms with E-state index >= 15 is 0 Å². The molecule has 0 aromatic heterocycles. The molecular weight excluding hydrogens is 280 g/mol. The fourth-order valence-electron chi connectivity index (χ4n) is 2.03. The van der Waals surface area contributed by atoms with Crippen molar-refractivity contribution < 1.29 is 23.8 Å². The van der Waals surface area contributed by atoms with E-state index in [9.17, 15) is 9.59 Å². The van der Waals surface area contributed by atoms with Gasteiger partial charge in [-0.15, -0.1) is 12.6 Å². The number of hydrogen-bond acceptors (Lipinski definition) is 5. The van der Waals surface area contributed by atoms with Crippen molar-refractivity contribution in [2.75, 3.05) is 19.8 Å². The third kappa shape index (κ3) is 3.45. The molecule has 0 spiro atoms. The Morgan fingerprint density at radius 2 is 2.00 bits per heavy atom. The maximum atomic E-state index is 12.0. The van der Waals surface area contributed by atoms with Crippen molar-refractivity contribution in [1.82, 2.24) is 0 Å². The van der Waals surface area contributed by atoms with Crippen LogP contribution in [0.1, 0.15) is 24.8 Å². The maximum Gasteiger partial charge on any atom is 0.313 e. The van der Waals surface area contributed by atoms with E-state index in [1.54, 1.807) is 25.1 Å². The highest BCUT2D eigenvalue weighted by Gasteiger charge is 2.26. The van der Waals surface area contributed by atoms with E-state index in [2.05, 4.69) is 12.6 Å². The molecule has 108 valence electrons. The second-order valence-electron chi connectivity index (χ2n) is 4.31. The lowest BCUT2D eigenvalue weighted by atomic mass is 9.96. The third-order valence-corrected chi connectivity index (χ3v) is 3.10. The van der Waals surface area contributed by atoms with Gasteiger partial charge in [-0.2, -0.15) is 0 Å². The summed E-state index contributed by atoms with van der Waals surface area (Å²) in [5, 5.41) is -0.363. The number of hydrogen-bond donors (Lipinski definition) is 1. The predicted octanol–water partition coefficient (Wildman–Crippen LogP) is 1.95. The van der Waals surface area contributed by atoms with Crippen LogP contribution in [0.3, 0.4) is 0 Å². The zero-order chi connectivity index (χ0) is 14.5. The Kier molecular flexibility index (Phi) is 4.89. The summed E-state index contributed by atoms with van der Waals surface area (Å²) < 4.78 is 15.9. The molecule has 5 nitrogen and oxygen atoms in total. The summed E-state index contributed by atoms with van der Waals surface area (Å²) in [4.78, 5) is 23.2. The first-order chi connectivity index (χ1) is 9.61. The highest BCUT2D eigenvalue weighted by Crippen LogP contribution is 2.34. The van der Waals surface area contributed by atoms with Crippen molar-refractivity contribution in [3.8, 4) is 11.5 Å². The van der Waals surface area contributed by atoms with Crippen molar-refractivity contribution in [2.45, 2.75) is 19.3 Å². The van der Waals surface area contributed by atoms with E-state index in [1.807, 2.05) is 0 Å². The standard InChI is InChI=1S/C14H16O5S/c1-2-17-14(16)10(8-13(15)20)9-3-4-11-12(7-9)19-6-5-18-11/h3-4,7,10H,2,5-6,8H2,1H3,(H,15,20). The molecule has 20 heavy (non-hydrogen) atoms. The molecule has 0 N–H and O–H groups in total. The summed E-state index contributed by atoms with van der Waals surface area (Å²) in [6.07, 6.45) is -0.0123. The van der Waals surface area contributed by atoms with E-state index in [4.69, 9.17) is 14.2 Å². The van der Waals surface area contributed by atoms with E-state index in [0.717, 1.165) is 0 Å². The van der Waals surface area contributed by atoms with Crippen LogP contribution in [-0.2, 0) is 14.3 Å². The van der Waals surface area contributed by atoms with Gasteiger partial charge in [0.1, 0.15) is 13.2 Å². The highest BCUT2D eigenvalue weighted by atomic mass is 32.1. The number of fused-ring (bicyclic) bond motifs is 1. The fourth-order valence-corrected chi connectivity index (χ4v) is 2.21. The maximum absolute atomic E-state index is 12.0. The molecule has 0 saturated heterocycles. The minimum absolute atomic E-state index is 0.0123. The Hall–Kier alpha value is -1.69. The van der Waals surface area contributed by atoms with Crippen LogP contribution >= 0.6 is 12.6 Å². The summed E-state index contributed by atoms with van der Waals surface area (Å²) in [5.74, 6) is 0.108. The minimum atomic E-state index is -0.671. The molecule has 0 aliphatic carbocycles. The zero-order valence-electron chi connectivity index (χ0n) is 11.1. The molecule has 1 aromatic carbocycles. The Bertz CT molecular complexity index is 514. The number of esters is 1. The van der Waals surface area contributed by atoms with Gasteiger partial charge in [0.05, 0.1) is 12.5 Å². The highest BCUT2D eigenvalue weighted by molar-refractivity contribution is 7.96. The average Bonchev–Trinajstić information content (AvgIpc) is 2.44. The SMILES string of the molecule is CCOC(=O)C(CC(=O)S)c1ccc2c(c1)OCCO2. The van der Waals surface area contributed by atoms with Crippen LogP contribution in [0.25, 0.3) is 0 Å². The quantitative estimate of drug-likeness (QED) is 0.665.